The Morgan fingerprint density at radius 3 is 2.96 bits per heavy atom. The molecule has 0 spiro atoms. The normalized spacial score (nSPS) is 13.7. The van der Waals surface area contributed by atoms with Crippen LogP contribution in [-0.4, -0.2) is 22.1 Å². The molecule has 10 heteroatoms. The predicted molar refractivity (Wildman–Crippen MR) is 106 cm³/mol. The zero-order valence-electron chi connectivity index (χ0n) is 13.8. The van der Waals surface area contributed by atoms with Gasteiger partial charge < -0.3 is 5.32 Å². The third-order valence-electron chi connectivity index (χ3n) is 4.10. The van der Waals surface area contributed by atoms with Crippen molar-refractivity contribution in [1.29, 1.82) is 0 Å². The van der Waals surface area contributed by atoms with Crippen molar-refractivity contribution < 1.29 is 14.0 Å². The van der Waals surface area contributed by atoms with Crippen LogP contribution in [-0.2, 0) is 4.84 Å². The van der Waals surface area contributed by atoms with Crippen LogP contribution in [0.2, 0.25) is 5.02 Å². The topological polar surface area (TPSA) is 76.1 Å². The number of carbonyl (C=O) groups excluding carboxylic acids is 1. The first-order chi connectivity index (χ1) is 13.0. The van der Waals surface area contributed by atoms with Crippen LogP contribution in [0.25, 0.3) is 10.2 Å². The van der Waals surface area contributed by atoms with Crippen molar-refractivity contribution in [1.82, 2.24) is 15.1 Å². The number of halogens is 3. The zero-order valence-corrected chi connectivity index (χ0v) is 16.9. The Labute approximate surface area is 171 Å². The Morgan fingerprint density at radius 1 is 1.41 bits per heavy atom. The smallest absolute Gasteiger partial charge is 0.277 e. The van der Waals surface area contributed by atoms with Gasteiger partial charge in [-0.25, -0.2) is 9.87 Å². The highest BCUT2D eigenvalue weighted by atomic mass is 79.9. The van der Waals surface area contributed by atoms with Crippen LogP contribution in [0.3, 0.4) is 0 Å². The lowest BCUT2D eigenvalue weighted by Gasteiger charge is -2.14. The van der Waals surface area contributed by atoms with Crippen molar-refractivity contribution in [3.8, 4) is 0 Å². The fourth-order valence-electron chi connectivity index (χ4n) is 2.48. The molecule has 27 heavy (non-hydrogen) atoms. The van der Waals surface area contributed by atoms with E-state index in [1.54, 1.807) is 18.2 Å². The first-order valence-electron chi connectivity index (χ1n) is 8.11. The fourth-order valence-corrected chi connectivity index (χ4v) is 3.79. The van der Waals surface area contributed by atoms with Gasteiger partial charge in [-0.1, -0.05) is 32.0 Å². The number of nitrogens with one attached hydrogen (secondary N) is 2. The molecule has 1 amide bonds. The lowest BCUT2D eigenvalue weighted by atomic mass is 10.1. The van der Waals surface area contributed by atoms with E-state index in [1.807, 2.05) is 0 Å². The van der Waals surface area contributed by atoms with Gasteiger partial charge in [0.15, 0.2) is 5.82 Å². The molecule has 4 rings (SSSR count). The Kier molecular flexibility index (Phi) is 5.27. The third-order valence-corrected chi connectivity index (χ3v) is 5.58. The molecule has 1 heterocycles. The summed E-state index contributed by atoms with van der Waals surface area (Å²) in [5.74, 6) is -0.748. The Balaban J connectivity index is 1.69. The molecular formula is C17H13BrClFN4O2S. The molecule has 2 aromatic carbocycles. The molecule has 1 aliphatic carbocycles. The van der Waals surface area contributed by atoms with E-state index in [1.165, 1.54) is 6.07 Å². The minimum absolute atomic E-state index is 0.0352. The average molecular weight is 472 g/mol. The molecule has 0 saturated heterocycles. The van der Waals surface area contributed by atoms with Crippen LogP contribution in [0.15, 0.2) is 28.7 Å². The molecule has 0 radical (unpaired) electrons. The second-order valence-corrected chi connectivity index (χ2v) is 8.28. The molecule has 1 aliphatic rings. The van der Waals surface area contributed by atoms with E-state index in [2.05, 4.69) is 36.3 Å². The number of aromatic nitrogens is 2. The van der Waals surface area contributed by atoms with Gasteiger partial charge in [-0.05, 0) is 54.6 Å². The quantitative estimate of drug-likeness (QED) is 0.491. The van der Waals surface area contributed by atoms with Crippen LogP contribution < -0.4 is 10.8 Å². The molecule has 0 aliphatic heterocycles. The van der Waals surface area contributed by atoms with Crippen molar-refractivity contribution in [2.75, 3.05) is 11.9 Å². The van der Waals surface area contributed by atoms with Crippen molar-refractivity contribution in [3.05, 3.63) is 45.1 Å². The molecule has 1 fully saturated rings. The van der Waals surface area contributed by atoms with E-state index in [0.717, 1.165) is 28.8 Å². The maximum absolute atomic E-state index is 15.0. The molecule has 2 N–H and O–H groups in total. The fraction of sp³-hybridized carbons (Fsp3) is 0.235. The molecule has 0 unspecified atom stereocenters. The summed E-state index contributed by atoms with van der Waals surface area (Å²) in [6, 6.07) is 6.64. The van der Waals surface area contributed by atoms with Gasteiger partial charge in [-0.2, -0.15) is 0 Å². The minimum atomic E-state index is -0.674. The van der Waals surface area contributed by atoms with E-state index in [9.17, 15) is 4.79 Å². The molecule has 140 valence electrons. The first-order valence-corrected chi connectivity index (χ1v) is 10.1. The van der Waals surface area contributed by atoms with Gasteiger partial charge in [0, 0.05) is 4.47 Å². The highest BCUT2D eigenvalue weighted by Crippen LogP contribution is 2.35. The van der Waals surface area contributed by atoms with Gasteiger partial charge in [0.05, 0.1) is 33.3 Å². The third kappa shape index (κ3) is 4.06. The molecule has 1 saturated carbocycles. The average Bonchev–Trinajstić information content (AvgIpc) is 3.33. The summed E-state index contributed by atoms with van der Waals surface area (Å²) in [7, 11) is 0. The van der Waals surface area contributed by atoms with Gasteiger partial charge in [0.2, 0.25) is 0 Å². The maximum atomic E-state index is 15.0. The van der Waals surface area contributed by atoms with Crippen molar-refractivity contribution in [2.24, 2.45) is 5.92 Å². The lowest BCUT2D eigenvalue weighted by molar-refractivity contribution is 0.0271. The molecule has 0 bridgehead atoms. The highest BCUT2D eigenvalue weighted by Gasteiger charge is 2.24. The number of hydroxylamine groups is 1. The number of anilines is 2. The van der Waals surface area contributed by atoms with E-state index < -0.39 is 11.7 Å². The van der Waals surface area contributed by atoms with E-state index in [-0.39, 0.29) is 16.8 Å². The van der Waals surface area contributed by atoms with Crippen LogP contribution in [0.4, 0.5) is 15.8 Å². The number of fused-ring (bicyclic) bond motifs is 1. The summed E-state index contributed by atoms with van der Waals surface area (Å²) in [6.07, 6.45) is 2.19. The Hall–Kier alpha value is -1.81. The van der Waals surface area contributed by atoms with E-state index in [0.29, 0.717) is 27.9 Å². The number of hydrogen-bond acceptors (Lipinski definition) is 6. The number of hydrogen-bond donors (Lipinski definition) is 2. The van der Waals surface area contributed by atoms with Crippen LogP contribution in [0.1, 0.15) is 23.2 Å². The van der Waals surface area contributed by atoms with Crippen LogP contribution in [0.5, 0.6) is 0 Å². The maximum Gasteiger partial charge on any atom is 0.277 e. The summed E-state index contributed by atoms with van der Waals surface area (Å²) in [4.78, 5) is 17.8. The van der Waals surface area contributed by atoms with Crippen molar-refractivity contribution >= 4 is 66.6 Å². The summed E-state index contributed by atoms with van der Waals surface area (Å²) < 4.78 is 20.1. The summed E-state index contributed by atoms with van der Waals surface area (Å²) in [5.41, 5.74) is 2.97. The minimum Gasteiger partial charge on any atom is -0.351 e. The van der Waals surface area contributed by atoms with Crippen LogP contribution >= 0.6 is 39.1 Å². The summed E-state index contributed by atoms with van der Waals surface area (Å²) >= 11 is 10.6. The Morgan fingerprint density at radius 2 is 2.22 bits per heavy atom. The van der Waals surface area contributed by atoms with Gasteiger partial charge in [-0.15, -0.1) is 5.10 Å². The van der Waals surface area contributed by atoms with Crippen molar-refractivity contribution in [2.45, 2.75) is 12.8 Å². The number of amides is 1. The summed E-state index contributed by atoms with van der Waals surface area (Å²) in [5, 5.41) is 7.08. The standard InChI is InChI=1S/C17H13BrClFN4O2S/c18-9-3-4-12(11(19)5-9)21-15-10(17(25)23-26-7-8-1-2-8)6-13-16(14(15)20)22-24-27-13/h3-6,8,21H,1-2,7H2,(H,23,25). The lowest BCUT2D eigenvalue weighted by Crippen LogP contribution is -2.25. The number of rotatable bonds is 6. The highest BCUT2D eigenvalue weighted by molar-refractivity contribution is 9.10. The van der Waals surface area contributed by atoms with Gasteiger partial charge in [-0.3, -0.25) is 9.63 Å². The van der Waals surface area contributed by atoms with Gasteiger partial charge >= 0.3 is 0 Å². The molecular weight excluding hydrogens is 459 g/mol. The SMILES string of the molecule is O=C(NOCC1CC1)c1cc2snnc2c(F)c1Nc1ccc(Br)cc1Cl. The van der Waals surface area contributed by atoms with E-state index in [4.69, 9.17) is 16.4 Å². The monoisotopic (exact) mass is 470 g/mol. The van der Waals surface area contributed by atoms with Crippen molar-refractivity contribution in [3.63, 3.8) is 0 Å². The zero-order chi connectivity index (χ0) is 19.0. The van der Waals surface area contributed by atoms with Gasteiger partial charge in [0.25, 0.3) is 5.91 Å². The number of carbonyl (C=O) groups is 1. The first kappa shape index (κ1) is 18.5. The molecule has 0 atom stereocenters. The molecule has 3 aromatic rings. The second kappa shape index (κ2) is 7.67. The predicted octanol–water partition coefficient (Wildman–Crippen LogP) is 5.06. The number of benzene rings is 2. The molecule has 1 aromatic heterocycles. The summed E-state index contributed by atoms with van der Waals surface area (Å²) in [6.45, 7) is 0.444. The van der Waals surface area contributed by atoms with Crippen LogP contribution in [0, 0.1) is 11.7 Å². The van der Waals surface area contributed by atoms with Gasteiger partial charge in [0.1, 0.15) is 5.52 Å². The van der Waals surface area contributed by atoms with E-state index >= 15 is 4.39 Å². The Bertz CT molecular complexity index is 1030. The second-order valence-electron chi connectivity index (χ2n) is 6.17. The largest absolute Gasteiger partial charge is 0.351 e. The number of nitrogens with zero attached hydrogens (tertiary/aromatic N) is 2. The molecule has 6 nitrogen and oxygen atoms in total.